The zero-order valence-electron chi connectivity index (χ0n) is 17.0. The maximum Gasteiger partial charge on any atom is 0.251 e. The van der Waals surface area contributed by atoms with Gasteiger partial charge in [-0.15, -0.1) is 0 Å². The molecule has 2 aromatic carbocycles. The van der Waals surface area contributed by atoms with Gasteiger partial charge in [0, 0.05) is 19.2 Å². The summed E-state index contributed by atoms with van der Waals surface area (Å²) in [5.41, 5.74) is 4.66. The number of aryl methyl sites for hydroxylation is 1. The molecule has 3 aromatic rings. The van der Waals surface area contributed by atoms with E-state index in [-0.39, 0.29) is 18.2 Å². The van der Waals surface area contributed by atoms with Gasteiger partial charge in [-0.1, -0.05) is 60.2 Å². The first kappa shape index (κ1) is 19.8. The average Bonchev–Trinajstić information content (AvgIpc) is 3.23. The SMILES string of the molecule is COCc1nn2c(c1-c1ccc(C)cc1)NC(=O)C2CC(=O)NCc1ccccc1. The molecule has 1 aliphatic heterocycles. The average molecular weight is 404 g/mol. The van der Waals surface area contributed by atoms with Crippen LogP contribution in [0.3, 0.4) is 0 Å². The number of aromatic nitrogens is 2. The molecule has 0 bridgehead atoms. The number of fused-ring (bicyclic) bond motifs is 1. The Morgan fingerprint density at radius 3 is 2.60 bits per heavy atom. The number of nitrogens with zero attached hydrogens (tertiary/aromatic N) is 2. The summed E-state index contributed by atoms with van der Waals surface area (Å²) in [5, 5.41) is 10.4. The van der Waals surface area contributed by atoms with E-state index in [9.17, 15) is 9.59 Å². The fourth-order valence-electron chi connectivity index (χ4n) is 3.62. The van der Waals surface area contributed by atoms with Gasteiger partial charge in [-0.05, 0) is 18.1 Å². The molecule has 4 rings (SSSR count). The van der Waals surface area contributed by atoms with Crippen LogP contribution in [0.1, 0.15) is 29.3 Å². The number of carbonyl (C=O) groups is 2. The highest BCUT2D eigenvalue weighted by atomic mass is 16.5. The lowest BCUT2D eigenvalue weighted by atomic mass is 10.0. The van der Waals surface area contributed by atoms with Crippen LogP contribution in [0.4, 0.5) is 5.82 Å². The molecular weight excluding hydrogens is 380 g/mol. The molecule has 154 valence electrons. The van der Waals surface area contributed by atoms with Crippen LogP contribution in [0.5, 0.6) is 0 Å². The second-order valence-corrected chi connectivity index (χ2v) is 7.39. The summed E-state index contributed by atoms with van der Waals surface area (Å²) in [6.45, 7) is 2.75. The number of rotatable bonds is 7. The molecule has 2 amide bonds. The van der Waals surface area contributed by atoms with Crippen molar-refractivity contribution in [1.29, 1.82) is 0 Å². The molecule has 30 heavy (non-hydrogen) atoms. The zero-order valence-corrected chi connectivity index (χ0v) is 17.0. The summed E-state index contributed by atoms with van der Waals surface area (Å²) < 4.78 is 6.93. The second-order valence-electron chi connectivity index (χ2n) is 7.39. The molecule has 0 saturated heterocycles. The number of hydrogen-bond donors (Lipinski definition) is 2. The van der Waals surface area contributed by atoms with Gasteiger partial charge in [-0.2, -0.15) is 5.10 Å². The molecule has 7 heteroatoms. The van der Waals surface area contributed by atoms with E-state index in [2.05, 4.69) is 15.7 Å². The third-order valence-electron chi connectivity index (χ3n) is 5.15. The Labute approximate surface area is 175 Å². The van der Waals surface area contributed by atoms with Gasteiger partial charge in [-0.3, -0.25) is 9.59 Å². The third-order valence-corrected chi connectivity index (χ3v) is 5.15. The smallest absolute Gasteiger partial charge is 0.251 e. The van der Waals surface area contributed by atoms with Crippen molar-refractivity contribution in [2.24, 2.45) is 0 Å². The Bertz CT molecular complexity index is 1060. The van der Waals surface area contributed by atoms with Crippen LogP contribution in [0.25, 0.3) is 11.1 Å². The second kappa shape index (κ2) is 8.51. The van der Waals surface area contributed by atoms with Crippen LogP contribution in [0.15, 0.2) is 54.6 Å². The molecule has 0 fully saturated rings. The van der Waals surface area contributed by atoms with Gasteiger partial charge in [0.2, 0.25) is 5.91 Å². The monoisotopic (exact) mass is 404 g/mol. The summed E-state index contributed by atoms with van der Waals surface area (Å²) in [7, 11) is 1.61. The lowest BCUT2D eigenvalue weighted by molar-refractivity contribution is -0.126. The molecule has 2 N–H and O–H groups in total. The lowest BCUT2D eigenvalue weighted by Crippen LogP contribution is -2.28. The van der Waals surface area contributed by atoms with E-state index in [1.807, 2.05) is 61.5 Å². The number of hydrogen-bond acceptors (Lipinski definition) is 4. The number of anilines is 1. The normalized spacial score (nSPS) is 15.0. The first-order valence-electron chi connectivity index (χ1n) is 9.85. The number of amides is 2. The molecule has 0 spiro atoms. The molecule has 0 aliphatic carbocycles. The first-order chi connectivity index (χ1) is 14.6. The van der Waals surface area contributed by atoms with Gasteiger partial charge in [-0.25, -0.2) is 4.68 Å². The van der Waals surface area contributed by atoms with Crippen molar-refractivity contribution in [2.75, 3.05) is 12.4 Å². The number of nitrogens with one attached hydrogen (secondary N) is 2. The maximum atomic E-state index is 12.6. The molecule has 2 heterocycles. The van der Waals surface area contributed by atoms with Gasteiger partial charge in [0.25, 0.3) is 5.91 Å². The summed E-state index contributed by atoms with van der Waals surface area (Å²) in [4.78, 5) is 25.1. The summed E-state index contributed by atoms with van der Waals surface area (Å²) in [5.74, 6) is 0.175. The van der Waals surface area contributed by atoms with E-state index in [1.165, 1.54) is 0 Å². The summed E-state index contributed by atoms with van der Waals surface area (Å²) >= 11 is 0. The van der Waals surface area contributed by atoms with E-state index in [1.54, 1.807) is 11.8 Å². The van der Waals surface area contributed by atoms with E-state index >= 15 is 0 Å². The zero-order chi connectivity index (χ0) is 21.1. The molecule has 1 aromatic heterocycles. The maximum absolute atomic E-state index is 12.6. The Balaban J connectivity index is 1.56. The standard InChI is InChI=1S/C23H24N4O3/c1-15-8-10-17(11-9-15)21-18(14-30-2)26-27-19(23(29)25-22(21)27)12-20(28)24-13-16-6-4-3-5-7-16/h3-11,19H,12-14H2,1-2H3,(H,24,28)(H,25,29). The van der Waals surface area contributed by atoms with Gasteiger partial charge < -0.3 is 15.4 Å². The highest BCUT2D eigenvalue weighted by Crippen LogP contribution is 2.38. The van der Waals surface area contributed by atoms with E-state index in [4.69, 9.17) is 4.74 Å². The quantitative estimate of drug-likeness (QED) is 0.633. The van der Waals surface area contributed by atoms with Gasteiger partial charge >= 0.3 is 0 Å². The minimum Gasteiger partial charge on any atom is -0.378 e. The lowest BCUT2D eigenvalue weighted by Gasteiger charge is -2.10. The minimum atomic E-state index is -0.689. The van der Waals surface area contributed by atoms with Crippen LogP contribution in [-0.4, -0.2) is 28.7 Å². The van der Waals surface area contributed by atoms with Crippen molar-refractivity contribution < 1.29 is 14.3 Å². The molecule has 1 atom stereocenters. The third kappa shape index (κ3) is 3.97. The van der Waals surface area contributed by atoms with Gasteiger partial charge in [0.1, 0.15) is 11.9 Å². The fraction of sp³-hybridized carbons (Fsp3) is 0.261. The Kier molecular flexibility index (Phi) is 5.63. The number of benzene rings is 2. The number of methoxy groups -OCH3 is 1. The molecule has 7 nitrogen and oxygen atoms in total. The van der Waals surface area contributed by atoms with Crippen molar-refractivity contribution in [1.82, 2.24) is 15.1 Å². The van der Waals surface area contributed by atoms with Crippen molar-refractivity contribution >= 4 is 17.6 Å². The van der Waals surface area contributed by atoms with Crippen molar-refractivity contribution in [3.63, 3.8) is 0 Å². The Hall–Kier alpha value is -3.45. The molecular formula is C23H24N4O3. The first-order valence-corrected chi connectivity index (χ1v) is 9.85. The molecule has 1 unspecified atom stereocenters. The van der Waals surface area contributed by atoms with Crippen LogP contribution in [0, 0.1) is 6.92 Å². The predicted octanol–water partition coefficient (Wildman–Crippen LogP) is 3.20. The largest absolute Gasteiger partial charge is 0.378 e. The minimum absolute atomic E-state index is 0.0209. The van der Waals surface area contributed by atoms with Crippen molar-refractivity contribution in [3.8, 4) is 11.1 Å². The van der Waals surface area contributed by atoms with Crippen molar-refractivity contribution in [2.45, 2.75) is 32.5 Å². The highest BCUT2D eigenvalue weighted by molar-refractivity contribution is 6.03. The van der Waals surface area contributed by atoms with Gasteiger partial charge in [0.15, 0.2) is 0 Å². The Morgan fingerprint density at radius 2 is 1.90 bits per heavy atom. The van der Waals surface area contributed by atoms with Crippen LogP contribution in [-0.2, 0) is 27.5 Å². The van der Waals surface area contributed by atoms with Crippen LogP contribution < -0.4 is 10.6 Å². The number of carbonyl (C=O) groups excluding carboxylic acids is 2. The van der Waals surface area contributed by atoms with Crippen molar-refractivity contribution in [3.05, 3.63) is 71.4 Å². The predicted molar refractivity (Wildman–Crippen MR) is 114 cm³/mol. The van der Waals surface area contributed by atoms with E-state index in [0.29, 0.717) is 19.0 Å². The van der Waals surface area contributed by atoms with Crippen LogP contribution >= 0.6 is 0 Å². The molecule has 1 aliphatic rings. The molecule has 0 radical (unpaired) electrons. The number of ether oxygens (including phenoxy) is 1. The fourth-order valence-corrected chi connectivity index (χ4v) is 3.62. The summed E-state index contributed by atoms with van der Waals surface area (Å²) in [6, 6.07) is 17.0. The Morgan fingerprint density at radius 1 is 1.17 bits per heavy atom. The highest BCUT2D eigenvalue weighted by Gasteiger charge is 2.36. The topological polar surface area (TPSA) is 85.2 Å². The van der Waals surface area contributed by atoms with E-state index in [0.717, 1.165) is 27.9 Å². The summed E-state index contributed by atoms with van der Waals surface area (Å²) in [6.07, 6.45) is 0.0209. The molecule has 0 saturated carbocycles. The van der Waals surface area contributed by atoms with Gasteiger partial charge in [0.05, 0.1) is 18.7 Å². The van der Waals surface area contributed by atoms with E-state index < -0.39 is 6.04 Å². The van der Waals surface area contributed by atoms with Crippen LogP contribution in [0.2, 0.25) is 0 Å².